The largest absolute Gasteiger partial charge is 0.456 e. The first-order valence-corrected chi connectivity index (χ1v) is 49.0. The Labute approximate surface area is 815 Å². The van der Waals surface area contributed by atoms with Crippen molar-refractivity contribution in [2.45, 2.75) is 10.8 Å². The van der Waals surface area contributed by atoms with Crippen LogP contribution in [0.2, 0.25) is 0 Å². The predicted octanol–water partition coefficient (Wildman–Crippen LogP) is 36.2. The number of nitrogens with zero attached hydrogens (tertiary/aromatic N) is 4. The molecule has 4 aromatic heterocycles. The average Bonchev–Trinajstić information content (AvgIpc) is 1.54. The van der Waals surface area contributed by atoms with Crippen molar-refractivity contribution in [1.29, 1.82) is 0 Å². The molecule has 0 N–H and O–H groups in total. The summed E-state index contributed by atoms with van der Waals surface area (Å²) in [6.07, 6.45) is 0. The van der Waals surface area contributed by atoms with Crippen LogP contribution >= 0.6 is 11.3 Å². The molecule has 656 valence electrons. The van der Waals surface area contributed by atoms with E-state index in [9.17, 15) is 0 Å². The molecule has 2 aliphatic carbocycles. The number of hydrogen-bond acceptors (Lipinski definition) is 4. The number of para-hydroxylation sites is 5. The monoisotopic (exact) mass is 1800 g/mol. The van der Waals surface area contributed by atoms with Crippen molar-refractivity contribution in [3.8, 4) is 78.1 Å². The summed E-state index contributed by atoms with van der Waals surface area (Å²) in [7, 11) is 0. The molecule has 6 heteroatoms. The van der Waals surface area contributed by atoms with Crippen LogP contribution in [0.25, 0.3) is 164 Å². The fraction of sp³-hybridized carbons (Fsp3) is 0.0149. The van der Waals surface area contributed by atoms with Gasteiger partial charge in [-0.1, -0.05) is 376 Å². The topological polar surface area (TPSA) is 29.5 Å². The number of rotatable bonds is 16. The smallest absolute Gasteiger partial charge is 0.135 e. The van der Waals surface area contributed by atoms with Gasteiger partial charge in [0.1, 0.15) is 11.2 Å². The van der Waals surface area contributed by atoms with Crippen LogP contribution in [-0.4, -0.2) is 9.13 Å². The third-order valence-electron chi connectivity index (χ3n) is 29.4. The number of aromatic nitrogens is 2. The van der Waals surface area contributed by atoms with Gasteiger partial charge in [-0.3, -0.25) is 0 Å². The highest BCUT2D eigenvalue weighted by Crippen LogP contribution is 2.59. The molecular formula is C134H88N4OS. The van der Waals surface area contributed by atoms with Crippen LogP contribution in [0.1, 0.15) is 44.5 Å². The second-order valence-corrected chi connectivity index (χ2v) is 37.9. The molecule has 0 bridgehead atoms. The van der Waals surface area contributed by atoms with Gasteiger partial charge in [0, 0.05) is 98.0 Å². The Morgan fingerprint density at radius 1 is 0.179 bits per heavy atom. The molecule has 0 saturated carbocycles. The summed E-state index contributed by atoms with van der Waals surface area (Å²) in [4.78, 5) is 4.80. The van der Waals surface area contributed by atoms with E-state index in [0.29, 0.717) is 0 Å². The van der Waals surface area contributed by atoms with Crippen LogP contribution in [0.5, 0.6) is 0 Å². The van der Waals surface area contributed by atoms with Gasteiger partial charge >= 0.3 is 0 Å². The lowest BCUT2D eigenvalue weighted by Gasteiger charge is -2.34. The van der Waals surface area contributed by atoms with Crippen LogP contribution < -0.4 is 9.80 Å². The van der Waals surface area contributed by atoms with Gasteiger partial charge in [-0.15, -0.1) is 11.3 Å². The molecule has 0 saturated heterocycles. The van der Waals surface area contributed by atoms with Crippen molar-refractivity contribution in [2.75, 3.05) is 9.80 Å². The number of benzene rings is 22. The van der Waals surface area contributed by atoms with Gasteiger partial charge in [0.15, 0.2) is 0 Å². The number of hydrogen-bond donors (Lipinski definition) is 0. The van der Waals surface area contributed by atoms with Gasteiger partial charge in [-0.2, -0.15) is 0 Å². The van der Waals surface area contributed by atoms with Crippen LogP contribution in [0.15, 0.2) is 538 Å². The Balaban J connectivity index is 0.000000141. The van der Waals surface area contributed by atoms with Crippen molar-refractivity contribution < 1.29 is 4.42 Å². The van der Waals surface area contributed by atoms with E-state index >= 15 is 0 Å². The first-order chi connectivity index (χ1) is 69.4. The van der Waals surface area contributed by atoms with Gasteiger partial charge in [-0.05, 0) is 269 Å². The standard InChI is InChI=1S/C67H44N2O.C67H44N2S/c2*1-2-16-49(17-3-1)67(61-24-9-4-19-55(61)56-20-5-10-25-62(56)67)50-34-40-52(41-35-50)68(54-18-14-15-47(43-54)48-33-42-66-60(44-48)59-23-8-13-28-65(59)70-66)51-36-29-45(30-37-51)46-31-38-53(39-32-46)69-63-26-11-6-21-57(63)58-22-7-12-27-64(58)69/h2*1-44H. The van der Waals surface area contributed by atoms with Gasteiger partial charge in [0.05, 0.1) is 32.9 Å². The van der Waals surface area contributed by atoms with E-state index in [-0.39, 0.29) is 0 Å². The molecule has 22 aromatic carbocycles. The molecule has 26 aromatic rings. The molecule has 5 nitrogen and oxygen atoms in total. The second kappa shape index (κ2) is 33.6. The van der Waals surface area contributed by atoms with Crippen LogP contribution in [0.4, 0.5) is 34.1 Å². The Kier molecular flexibility index (Phi) is 19.6. The molecule has 140 heavy (non-hydrogen) atoms. The maximum atomic E-state index is 6.23. The van der Waals surface area contributed by atoms with E-state index in [1.54, 1.807) is 0 Å². The van der Waals surface area contributed by atoms with E-state index in [0.717, 1.165) is 84.1 Å². The molecule has 0 amide bonds. The lowest BCUT2D eigenvalue weighted by atomic mass is 9.68. The maximum Gasteiger partial charge on any atom is 0.135 e. The van der Waals surface area contributed by atoms with E-state index < -0.39 is 10.8 Å². The highest BCUT2D eigenvalue weighted by molar-refractivity contribution is 7.25. The zero-order valence-electron chi connectivity index (χ0n) is 76.4. The summed E-state index contributed by atoms with van der Waals surface area (Å²) in [6, 6.07) is 196. The number of anilines is 6. The predicted molar refractivity (Wildman–Crippen MR) is 587 cm³/mol. The van der Waals surface area contributed by atoms with E-state index in [1.165, 1.54) is 158 Å². The molecule has 0 radical (unpaired) electrons. The Bertz CT molecular complexity index is 8550. The van der Waals surface area contributed by atoms with Gasteiger partial charge < -0.3 is 23.4 Å². The van der Waals surface area contributed by atoms with Gasteiger partial charge in [0.2, 0.25) is 0 Å². The highest BCUT2D eigenvalue weighted by atomic mass is 32.1. The average molecular weight is 1800 g/mol. The van der Waals surface area contributed by atoms with Crippen molar-refractivity contribution in [3.63, 3.8) is 0 Å². The van der Waals surface area contributed by atoms with E-state index in [2.05, 4.69) is 541 Å². The number of fused-ring (bicyclic) bond motifs is 18. The third-order valence-corrected chi connectivity index (χ3v) is 30.5. The summed E-state index contributed by atoms with van der Waals surface area (Å²) in [5.41, 5.74) is 39.2. The molecular weight excluding hydrogens is 1710 g/mol. The van der Waals surface area contributed by atoms with E-state index in [4.69, 9.17) is 4.42 Å². The minimum absolute atomic E-state index is 0.471. The fourth-order valence-electron chi connectivity index (χ4n) is 23.1. The van der Waals surface area contributed by atoms with Crippen LogP contribution in [-0.2, 0) is 10.8 Å². The third kappa shape index (κ3) is 13.3. The Morgan fingerprint density at radius 3 is 0.886 bits per heavy atom. The molecule has 0 unspecified atom stereocenters. The summed E-state index contributed by atoms with van der Waals surface area (Å²) < 4.78 is 13.6. The summed E-state index contributed by atoms with van der Waals surface area (Å²) in [5.74, 6) is 0. The van der Waals surface area contributed by atoms with Crippen molar-refractivity contribution >= 4 is 131 Å². The molecule has 0 fully saturated rings. The van der Waals surface area contributed by atoms with Crippen molar-refractivity contribution in [2.24, 2.45) is 0 Å². The number of furan rings is 1. The van der Waals surface area contributed by atoms with Crippen molar-refractivity contribution in [3.05, 3.63) is 578 Å². The summed E-state index contributed by atoms with van der Waals surface area (Å²) in [6.45, 7) is 0. The highest BCUT2D eigenvalue weighted by Gasteiger charge is 2.48. The summed E-state index contributed by atoms with van der Waals surface area (Å²) >= 11 is 1.86. The lowest BCUT2D eigenvalue weighted by molar-refractivity contribution is 0.669. The molecule has 0 spiro atoms. The fourth-order valence-corrected chi connectivity index (χ4v) is 24.2. The minimum atomic E-state index is -0.480. The van der Waals surface area contributed by atoms with E-state index in [1.807, 2.05) is 23.5 Å². The first-order valence-electron chi connectivity index (χ1n) is 48.1. The van der Waals surface area contributed by atoms with Gasteiger partial charge in [0.25, 0.3) is 0 Å². The van der Waals surface area contributed by atoms with Crippen molar-refractivity contribution in [1.82, 2.24) is 9.13 Å². The molecule has 4 heterocycles. The lowest BCUT2D eigenvalue weighted by Crippen LogP contribution is -2.28. The minimum Gasteiger partial charge on any atom is -0.456 e. The number of thiophene rings is 1. The molecule has 28 rings (SSSR count). The first kappa shape index (κ1) is 81.6. The zero-order valence-corrected chi connectivity index (χ0v) is 77.2. The SMILES string of the molecule is c1ccc(C2(c3ccc(N(c4ccc(-c5ccc(-n6c7ccccc7c7ccccc76)cc5)cc4)c4cccc(-c5ccc6oc7ccccc7c6c5)c4)cc3)c3ccccc3-c3ccccc32)cc1.c1ccc(C2(c3ccc(N(c4ccc(-c5ccc(-n6c7ccccc7c7ccccc76)cc5)cc4)c4cccc(-c5ccc6sc7ccccc7c6c5)c4)cc3)c3ccccc3-c3ccccc32)cc1. The molecule has 2 aliphatic rings. The Morgan fingerprint density at radius 2 is 0.471 bits per heavy atom. The molecule has 0 aliphatic heterocycles. The molecule has 0 atom stereocenters. The van der Waals surface area contributed by atoms with Gasteiger partial charge in [-0.25, -0.2) is 0 Å². The van der Waals surface area contributed by atoms with Crippen LogP contribution in [0, 0.1) is 0 Å². The summed E-state index contributed by atoms with van der Waals surface area (Å²) in [5, 5.41) is 9.92. The van der Waals surface area contributed by atoms with Crippen LogP contribution in [0.3, 0.4) is 0 Å². The zero-order chi connectivity index (χ0) is 92.4. The Hall–Kier alpha value is -17.9. The second-order valence-electron chi connectivity index (χ2n) is 36.8. The normalized spacial score (nSPS) is 12.7. The maximum absolute atomic E-state index is 6.23. The quantitative estimate of drug-likeness (QED) is 0.0966.